The highest BCUT2D eigenvalue weighted by Gasteiger charge is 2.68. The molecular weight excluding hydrogens is 475 g/mol. The Kier molecular flexibility index (Phi) is 6.37. The molecule has 0 aliphatic heterocycles. The monoisotopic (exact) mass is 498 g/mol. The van der Waals surface area contributed by atoms with Crippen LogP contribution in [0.4, 0.5) is 17.6 Å². The molecule has 0 radical (unpaired) electrons. The molecule has 35 heavy (non-hydrogen) atoms. The van der Waals surface area contributed by atoms with Crippen LogP contribution in [0.5, 0.6) is 5.75 Å². The first-order valence-corrected chi connectivity index (χ1v) is 12.6. The molecule has 0 aliphatic rings. The maximum atomic E-state index is 15.8. The highest BCUT2D eigenvalue weighted by atomic mass is 31.2. The molecule has 0 saturated heterocycles. The fourth-order valence-electron chi connectivity index (χ4n) is 4.73. The molecule has 4 aromatic carbocycles. The van der Waals surface area contributed by atoms with Crippen LogP contribution in [0, 0.1) is 19.7 Å². The molecule has 7 heteroatoms. The van der Waals surface area contributed by atoms with Crippen LogP contribution >= 0.6 is 7.14 Å². The van der Waals surface area contributed by atoms with E-state index in [2.05, 4.69) is 0 Å². The van der Waals surface area contributed by atoms with Crippen LogP contribution in [0.3, 0.4) is 0 Å². The summed E-state index contributed by atoms with van der Waals surface area (Å²) in [7, 11) is -4.68. The predicted molar refractivity (Wildman–Crippen MR) is 131 cm³/mol. The summed E-state index contributed by atoms with van der Waals surface area (Å²) in [6.45, 7) is 2.96. The van der Waals surface area contributed by atoms with Crippen molar-refractivity contribution in [2.24, 2.45) is 0 Å². The van der Waals surface area contributed by atoms with E-state index in [1.54, 1.807) is 12.1 Å². The smallest absolute Gasteiger partial charge is 0.409 e. The third kappa shape index (κ3) is 3.86. The number of rotatable bonds is 5. The minimum Gasteiger partial charge on any atom is -0.507 e. The first-order chi connectivity index (χ1) is 16.5. The van der Waals surface area contributed by atoms with E-state index in [1.807, 2.05) is 0 Å². The number of hydrogen-bond acceptors (Lipinski definition) is 2. The summed E-state index contributed by atoms with van der Waals surface area (Å²) >= 11 is 0. The number of aryl methyl sites for hydroxylation is 2. The van der Waals surface area contributed by atoms with Crippen molar-refractivity contribution in [2.45, 2.75) is 25.2 Å². The van der Waals surface area contributed by atoms with E-state index >= 15 is 17.7 Å². The summed E-state index contributed by atoms with van der Waals surface area (Å²) in [5.41, 5.74) is -0.430. The van der Waals surface area contributed by atoms with Gasteiger partial charge in [-0.3, -0.25) is 0 Å². The summed E-state index contributed by atoms with van der Waals surface area (Å²) in [6, 6.07) is 21.6. The third-order valence-electron chi connectivity index (χ3n) is 6.27. The molecule has 0 fully saturated rings. The third-order valence-corrected chi connectivity index (χ3v) is 10.0. The molecule has 4 rings (SSSR count). The minimum absolute atomic E-state index is 0.0174. The number of hydrogen-bond donors (Lipinski definition) is 1. The average Bonchev–Trinajstić information content (AvgIpc) is 2.83. The summed E-state index contributed by atoms with van der Waals surface area (Å²) in [4.78, 5) is 0. The molecular formula is C28H23F4O2P. The lowest BCUT2D eigenvalue weighted by atomic mass is 9.87. The zero-order valence-corrected chi connectivity index (χ0v) is 19.9. The van der Waals surface area contributed by atoms with Crippen LogP contribution in [0.15, 0.2) is 97.1 Å². The van der Waals surface area contributed by atoms with Crippen LogP contribution < -0.4 is 10.6 Å². The standard InChI is InChI=1S/C28H23F4O2P/c1-19-16-22(17-20(2)26(19)33)27(28(30,31)32,21-10-9-11-23(29)18-21)35(34,24-12-5-3-6-13-24)25-14-7-4-8-15-25/h3-18,33H,1-2H3. The van der Waals surface area contributed by atoms with Crippen molar-refractivity contribution < 1.29 is 27.2 Å². The van der Waals surface area contributed by atoms with Gasteiger partial charge in [-0.15, -0.1) is 0 Å². The van der Waals surface area contributed by atoms with Gasteiger partial charge in [0.1, 0.15) is 11.6 Å². The second-order valence-corrected chi connectivity index (χ2v) is 11.4. The Bertz CT molecular complexity index is 1340. The Labute approximate surface area is 201 Å². The minimum atomic E-state index is -5.13. The zero-order valence-electron chi connectivity index (χ0n) is 19.1. The largest absolute Gasteiger partial charge is 0.507 e. The van der Waals surface area contributed by atoms with Crippen molar-refractivity contribution in [3.63, 3.8) is 0 Å². The van der Waals surface area contributed by atoms with Gasteiger partial charge in [-0.25, -0.2) is 4.39 Å². The number of phenolic OH excluding ortho intramolecular Hbond substituents is 1. The number of alkyl halides is 3. The maximum absolute atomic E-state index is 15.8. The van der Waals surface area contributed by atoms with E-state index in [1.165, 1.54) is 80.6 Å². The van der Waals surface area contributed by atoms with E-state index in [4.69, 9.17) is 0 Å². The van der Waals surface area contributed by atoms with Crippen LogP contribution in [0.1, 0.15) is 22.3 Å². The first kappa shape index (κ1) is 24.7. The quantitative estimate of drug-likeness (QED) is 0.238. The number of aromatic hydroxyl groups is 1. The van der Waals surface area contributed by atoms with Crippen molar-refractivity contribution in [1.29, 1.82) is 0 Å². The molecule has 0 bridgehead atoms. The molecule has 1 atom stereocenters. The van der Waals surface area contributed by atoms with Crippen molar-refractivity contribution in [3.05, 3.63) is 125 Å². The lowest BCUT2D eigenvalue weighted by Gasteiger charge is -2.43. The molecule has 0 saturated carbocycles. The predicted octanol–water partition coefficient (Wildman–Crippen LogP) is 6.97. The molecule has 0 amide bonds. The Morgan fingerprint density at radius 3 is 1.60 bits per heavy atom. The fraction of sp³-hybridized carbons (Fsp3) is 0.143. The van der Waals surface area contributed by atoms with Gasteiger partial charge in [0.25, 0.3) is 0 Å². The lowest BCUT2D eigenvalue weighted by molar-refractivity contribution is -0.154. The molecule has 0 spiro atoms. The highest BCUT2D eigenvalue weighted by Crippen LogP contribution is 2.71. The van der Waals surface area contributed by atoms with Crippen molar-refractivity contribution in [3.8, 4) is 5.75 Å². The summed E-state index contributed by atoms with van der Waals surface area (Å²) in [5.74, 6) is -1.03. The van der Waals surface area contributed by atoms with Crippen LogP contribution in [-0.2, 0) is 9.72 Å². The molecule has 0 heterocycles. The van der Waals surface area contributed by atoms with E-state index < -0.39 is 29.9 Å². The number of benzene rings is 4. The van der Waals surface area contributed by atoms with Gasteiger partial charge in [0.05, 0.1) is 0 Å². The molecule has 4 aromatic rings. The van der Waals surface area contributed by atoms with E-state index in [9.17, 15) is 9.50 Å². The Morgan fingerprint density at radius 1 is 0.686 bits per heavy atom. The lowest BCUT2D eigenvalue weighted by Crippen LogP contribution is -2.48. The van der Waals surface area contributed by atoms with Gasteiger partial charge in [-0.1, -0.05) is 84.9 Å². The summed E-state index contributed by atoms with van der Waals surface area (Å²) in [5, 5.41) is 7.16. The molecule has 1 N–H and O–H groups in total. The van der Waals surface area contributed by atoms with Gasteiger partial charge in [0.2, 0.25) is 0 Å². The second kappa shape index (κ2) is 9.01. The van der Waals surface area contributed by atoms with E-state index in [0.717, 1.165) is 18.2 Å². The zero-order chi connectivity index (χ0) is 25.4. The SMILES string of the molecule is Cc1cc(C(c2cccc(F)c2)(C(F)(F)F)P(=O)(c2ccccc2)c2ccccc2)cc(C)c1O. The average molecular weight is 498 g/mol. The van der Waals surface area contributed by atoms with Crippen molar-refractivity contribution in [1.82, 2.24) is 0 Å². The Balaban J connectivity index is 2.31. The van der Waals surface area contributed by atoms with E-state index in [-0.39, 0.29) is 33.0 Å². The topological polar surface area (TPSA) is 37.3 Å². The Hall–Kier alpha value is -3.37. The van der Waals surface area contributed by atoms with Crippen molar-refractivity contribution >= 4 is 17.8 Å². The van der Waals surface area contributed by atoms with Crippen LogP contribution in [0.25, 0.3) is 0 Å². The van der Waals surface area contributed by atoms with Gasteiger partial charge < -0.3 is 9.67 Å². The van der Waals surface area contributed by atoms with Crippen LogP contribution in [-0.4, -0.2) is 11.3 Å². The number of halogens is 4. The van der Waals surface area contributed by atoms with Gasteiger partial charge in [-0.05, 0) is 48.2 Å². The first-order valence-electron chi connectivity index (χ1n) is 10.9. The maximum Gasteiger partial charge on any atom is 0.409 e. The molecule has 0 aromatic heterocycles. The number of phenols is 1. The second-order valence-electron chi connectivity index (χ2n) is 8.46. The van der Waals surface area contributed by atoms with Crippen molar-refractivity contribution in [2.75, 3.05) is 0 Å². The Morgan fingerprint density at radius 2 is 1.17 bits per heavy atom. The van der Waals surface area contributed by atoms with E-state index in [0.29, 0.717) is 0 Å². The van der Waals surface area contributed by atoms with Gasteiger partial charge in [-0.2, -0.15) is 13.2 Å². The van der Waals surface area contributed by atoms with Gasteiger partial charge in [0.15, 0.2) is 12.3 Å². The summed E-state index contributed by atoms with van der Waals surface area (Å²) < 4.78 is 77.2. The fourth-order valence-corrected chi connectivity index (χ4v) is 8.34. The molecule has 1 unspecified atom stereocenters. The normalized spacial score (nSPS) is 13.9. The van der Waals surface area contributed by atoms with Crippen LogP contribution in [0.2, 0.25) is 0 Å². The summed E-state index contributed by atoms with van der Waals surface area (Å²) in [6.07, 6.45) is -5.13. The van der Waals surface area contributed by atoms with Gasteiger partial charge >= 0.3 is 6.18 Å². The highest BCUT2D eigenvalue weighted by molar-refractivity contribution is 7.80. The van der Waals surface area contributed by atoms with Gasteiger partial charge in [0, 0.05) is 10.6 Å². The molecule has 180 valence electrons. The molecule has 0 aliphatic carbocycles. The molecule has 2 nitrogen and oxygen atoms in total.